The highest BCUT2D eigenvalue weighted by atomic mass is 32.2. The van der Waals surface area contributed by atoms with Crippen LogP contribution in [0.25, 0.3) is 0 Å². The van der Waals surface area contributed by atoms with Gasteiger partial charge in [0.15, 0.2) is 0 Å². The topological polar surface area (TPSA) is 58.2 Å². The van der Waals surface area contributed by atoms with Gasteiger partial charge < -0.3 is 5.32 Å². The van der Waals surface area contributed by atoms with E-state index >= 15 is 0 Å². The summed E-state index contributed by atoms with van der Waals surface area (Å²) in [6.07, 6.45) is 0.936. The zero-order valence-corrected chi connectivity index (χ0v) is 11.8. The van der Waals surface area contributed by atoms with Gasteiger partial charge in [-0.3, -0.25) is 0 Å². The van der Waals surface area contributed by atoms with E-state index in [0.29, 0.717) is 13.1 Å². The van der Waals surface area contributed by atoms with E-state index < -0.39 is 10.0 Å². The molecular weight excluding hydrogens is 248 g/mol. The molecule has 0 spiro atoms. The summed E-state index contributed by atoms with van der Waals surface area (Å²) in [5.41, 5.74) is 1.20. The molecule has 1 atom stereocenters. The molecule has 0 saturated carbocycles. The van der Waals surface area contributed by atoms with Crippen molar-refractivity contribution in [3.05, 3.63) is 35.9 Å². The molecule has 1 unspecified atom stereocenters. The Hall–Kier alpha value is -0.910. The highest BCUT2D eigenvalue weighted by Crippen LogP contribution is 2.15. The molecule has 0 bridgehead atoms. The molecule has 4 nitrogen and oxygen atoms in total. The lowest BCUT2D eigenvalue weighted by Crippen LogP contribution is -2.33. The summed E-state index contributed by atoms with van der Waals surface area (Å²) in [5.74, 6) is 0.115. The Balaban J connectivity index is 2.47. The van der Waals surface area contributed by atoms with Gasteiger partial charge in [0, 0.05) is 19.1 Å². The van der Waals surface area contributed by atoms with Gasteiger partial charge >= 0.3 is 0 Å². The van der Waals surface area contributed by atoms with Gasteiger partial charge in [0.1, 0.15) is 0 Å². The van der Waals surface area contributed by atoms with Crippen molar-refractivity contribution >= 4 is 10.0 Å². The second-order valence-corrected chi connectivity index (χ2v) is 6.07. The quantitative estimate of drug-likeness (QED) is 0.755. The van der Waals surface area contributed by atoms with Gasteiger partial charge in [0.25, 0.3) is 0 Å². The third kappa shape index (κ3) is 5.16. The van der Waals surface area contributed by atoms with Gasteiger partial charge in [0.2, 0.25) is 10.0 Å². The fraction of sp³-hybridized carbons (Fsp3) is 0.538. The zero-order valence-electron chi connectivity index (χ0n) is 11.0. The minimum absolute atomic E-state index is 0.115. The molecule has 102 valence electrons. The van der Waals surface area contributed by atoms with Crippen LogP contribution in [-0.4, -0.2) is 27.3 Å². The maximum Gasteiger partial charge on any atom is 0.212 e. The number of nitrogens with one attached hydrogen (secondary N) is 2. The normalized spacial score (nSPS) is 13.4. The number of sulfonamides is 1. The summed E-state index contributed by atoms with van der Waals surface area (Å²) in [7, 11) is -3.13. The Morgan fingerprint density at radius 2 is 1.83 bits per heavy atom. The van der Waals surface area contributed by atoms with E-state index in [0.717, 1.165) is 6.42 Å². The van der Waals surface area contributed by atoms with E-state index in [1.807, 2.05) is 18.2 Å². The van der Waals surface area contributed by atoms with Crippen molar-refractivity contribution in [2.75, 3.05) is 18.8 Å². The smallest absolute Gasteiger partial charge is 0.212 e. The molecule has 1 rings (SSSR count). The fourth-order valence-corrected chi connectivity index (χ4v) is 2.81. The molecule has 5 heteroatoms. The van der Waals surface area contributed by atoms with Crippen LogP contribution in [0, 0.1) is 0 Å². The summed E-state index contributed by atoms with van der Waals surface area (Å²) in [4.78, 5) is 0. The van der Waals surface area contributed by atoms with Crippen molar-refractivity contribution in [1.82, 2.24) is 10.0 Å². The van der Waals surface area contributed by atoms with E-state index in [4.69, 9.17) is 0 Å². The lowest BCUT2D eigenvalue weighted by atomic mass is 10.1. The fourth-order valence-electron chi connectivity index (χ4n) is 1.84. The lowest BCUT2D eigenvalue weighted by molar-refractivity contribution is 0.529. The molecule has 0 radical (unpaired) electrons. The largest absolute Gasteiger partial charge is 0.309 e. The summed E-state index contributed by atoms with van der Waals surface area (Å²) < 4.78 is 25.5. The standard InChI is InChI=1S/C13H22N2O2S/c1-3-13(12-8-6-5-7-9-12)14-10-11-18(16,17)15-4-2/h5-9,13-15H,3-4,10-11H2,1-2H3. The Morgan fingerprint density at radius 1 is 1.17 bits per heavy atom. The van der Waals surface area contributed by atoms with Crippen molar-refractivity contribution < 1.29 is 8.42 Å². The Kier molecular flexibility index (Phi) is 6.32. The molecule has 0 saturated heterocycles. The van der Waals surface area contributed by atoms with E-state index in [9.17, 15) is 8.42 Å². The van der Waals surface area contributed by atoms with Crippen LogP contribution in [0.1, 0.15) is 31.9 Å². The van der Waals surface area contributed by atoms with E-state index in [-0.39, 0.29) is 11.8 Å². The van der Waals surface area contributed by atoms with Gasteiger partial charge in [-0.1, -0.05) is 44.2 Å². The minimum Gasteiger partial charge on any atom is -0.309 e. The van der Waals surface area contributed by atoms with Gasteiger partial charge in [0.05, 0.1) is 5.75 Å². The van der Waals surface area contributed by atoms with E-state index in [2.05, 4.69) is 29.1 Å². The summed E-state index contributed by atoms with van der Waals surface area (Å²) in [6.45, 7) is 4.77. The molecule has 1 aromatic carbocycles. The second kappa shape index (κ2) is 7.51. The maximum atomic E-state index is 11.5. The molecule has 0 aliphatic heterocycles. The number of hydrogen-bond donors (Lipinski definition) is 2. The molecule has 18 heavy (non-hydrogen) atoms. The number of rotatable bonds is 8. The maximum absolute atomic E-state index is 11.5. The second-order valence-electron chi connectivity index (χ2n) is 4.14. The van der Waals surface area contributed by atoms with Gasteiger partial charge in [-0.2, -0.15) is 0 Å². The predicted molar refractivity (Wildman–Crippen MR) is 74.9 cm³/mol. The number of hydrogen-bond acceptors (Lipinski definition) is 3. The lowest BCUT2D eigenvalue weighted by Gasteiger charge is -2.17. The average molecular weight is 270 g/mol. The van der Waals surface area contributed by atoms with Crippen LogP contribution in [-0.2, 0) is 10.0 Å². The van der Waals surface area contributed by atoms with Crippen LogP contribution in [0.4, 0.5) is 0 Å². The molecule has 0 aliphatic rings. The van der Waals surface area contributed by atoms with E-state index in [1.165, 1.54) is 5.56 Å². The van der Waals surface area contributed by atoms with Crippen molar-refractivity contribution in [2.45, 2.75) is 26.3 Å². The average Bonchev–Trinajstić information content (AvgIpc) is 2.35. The molecule has 0 aromatic heterocycles. The summed E-state index contributed by atoms with van der Waals surface area (Å²) in [5, 5.41) is 3.28. The van der Waals surface area contributed by atoms with Crippen LogP contribution in [0.2, 0.25) is 0 Å². The monoisotopic (exact) mass is 270 g/mol. The highest BCUT2D eigenvalue weighted by Gasteiger charge is 2.11. The van der Waals surface area contributed by atoms with Crippen LogP contribution in [0.5, 0.6) is 0 Å². The first kappa shape index (κ1) is 15.1. The van der Waals surface area contributed by atoms with Crippen LogP contribution in [0.15, 0.2) is 30.3 Å². The first-order chi connectivity index (χ1) is 8.59. The molecular formula is C13H22N2O2S. The van der Waals surface area contributed by atoms with Crippen molar-refractivity contribution in [1.29, 1.82) is 0 Å². The third-order valence-electron chi connectivity index (χ3n) is 2.74. The van der Waals surface area contributed by atoms with Gasteiger partial charge in [-0.05, 0) is 12.0 Å². The molecule has 0 heterocycles. The highest BCUT2D eigenvalue weighted by molar-refractivity contribution is 7.89. The summed E-state index contributed by atoms with van der Waals surface area (Å²) >= 11 is 0. The first-order valence-electron chi connectivity index (χ1n) is 6.34. The van der Waals surface area contributed by atoms with Crippen molar-refractivity contribution in [3.8, 4) is 0 Å². The molecule has 0 fully saturated rings. The minimum atomic E-state index is -3.13. The van der Waals surface area contributed by atoms with Crippen LogP contribution >= 0.6 is 0 Å². The SMILES string of the molecule is CCNS(=O)(=O)CCNC(CC)c1ccccc1. The molecule has 0 amide bonds. The first-order valence-corrected chi connectivity index (χ1v) is 8.00. The van der Waals surface area contributed by atoms with Crippen molar-refractivity contribution in [3.63, 3.8) is 0 Å². The van der Waals surface area contributed by atoms with Crippen LogP contribution in [0.3, 0.4) is 0 Å². The number of benzene rings is 1. The third-order valence-corrected chi connectivity index (χ3v) is 4.21. The van der Waals surface area contributed by atoms with Crippen LogP contribution < -0.4 is 10.0 Å². The van der Waals surface area contributed by atoms with Crippen molar-refractivity contribution in [2.24, 2.45) is 0 Å². The molecule has 0 aliphatic carbocycles. The Bertz CT molecular complexity index is 432. The summed E-state index contributed by atoms with van der Waals surface area (Å²) in [6, 6.07) is 10.3. The zero-order chi connectivity index (χ0) is 13.4. The predicted octanol–water partition coefficient (Wildman–Crippen LogP) is 1.67. The Morgan fingerprint density at radius 3 is 2.39 bits per heavy atom. The molecule has 1 aromatic rings. The van der Waals surface area contributed by atoms with E-state index in [1.54, 1.807) is 6.92 Å². The van der Waals surface area contributed by atoms with Gasteiger partial charge in [-0.15, -0.1) is 0 Å². The molecule has 2 N–H and O–H groups in total. The van der Waals surface area contributed by atoms with Gasteiger partial charge in [-0.25, -0.2) is 13.1 Å². The Labute approximate surface area is 110 Å².